The fraction of sp³-hybridized carbons (Fsp3) is 0.429. The average Bonchev–Trinajstić information content (AvgIpc) is 2.35. The maximum absolute atomic E-state index is 11.5. The minimum absolute atomic E-state index is 0.128. The molecule has 0 fully saturated rings. The molecule has 104 valence electrons. The number of primary amides is 1. The Kier molecular flexibility index (Phi) is 5.51. The van der Waals surface area contributed by atoms with Gasteiger partial charge in [-0.2, -0.15) is 0 Å². The van der Waals surface area contributed by atoms with Gasteiger partial charge in [0.15, 0.2) is 0 Å². The number of anilines is 1. The maximum Gasteiger partial charge on any atom is 0.239 e. The molecule has 0 saturated heterocycles. The Morgan fingerprint density at radius 2 is 1.84 bits per heavy atom. The van der Waals surface area contributed by atoms with Crippen molar-refractivity contribution in [1.82, 2.24) is 5.32 Å². The minimum Gasteiger partial charge on any atom is -0.368 e. The van der Waals surface area contributed by atoms with E-state index in [9.17, 15) is 9.59 Å². The van der Waals surface area contributed by atoms with Crippen LogP contribution in [0.4, 0.5) is 5.69 Å². The average molecular weight is 263 g/mol. The molecule has 5 nitrogen and oxygen atoms in total. The summed E-state index contributed by atoms with van der Waals surface area (Å²) in [5, 5.41) is 5.86. The summed E-state index contributed by atoms with van der Waals surface area (Å²) >= 11 is 0. The van der Waals surface area contributed by atoms with Crippen molar-refractivity contribution in [3.8, 4) is 0 Å². The molecule has 2 amide bonds. The van der Waals surface area contributed by atoms with Gasteiger partial charge >= 0.3 is 0 Å². The maximum atomic E-state index is 11.5. The lowest BCUT2D eigenvalue weighted by atomic mass is 10.0. The molecule has 4 N–H and O–H groups in total. The van der Waals surface area contributed by atoms with Crippen molar-refractivity contribution in [3.63, 3.8) is 0 Å². The van der Waals surface area contributed by atoms with E-state index in [4.69, 9.17) is 5.73 Å². The van der Waals surface area contributed by atoms with Crippen molar-refractivity contribution in [2.24, 2.45) is 5.73 Å². The highest BCUT2D eigenvalue weighted by molar-refractivity contribution is 5.88. The minimum atomic E-state index is -0.513. The molecule has 0 heterocycles. The first-order valence-corrected chi connectivity index (χ1v) is 6.37. The number of hydrogen-bond donors (Lipinski definition) is 3. The molecule has 0 aliphatic heterocycles. The number of carbonyl (C=O) groups is 2. The van der Waals surface area contributed by atoms with Crippen molar-refractivity contribution >= 4 is 17.5 Å². The lowest BCUT2D eigenvalue weighted by Crippen LogP contribution is -2.38. The smallest absolute Gasteiger partial charge is 0.239 e. The van der Waals surface area contributed by atoms with Gasteiger partial charge in [0.25, 0.3) is 0 Å². The van der Waals surface area contributed by atoms with Gasteiger partial charge in [0, 0.05) is 18.7 Å². The van der Waals surface area contributed by atoms with Crippen LogP contribution in [0.5, 0.6) is 0 Å². The molecule has 5 heteroatoms. The van der Waals surface area contributed by atoms with Crippen LogP contribution in [-0.4, -0.2) is 17.9 Å². The number of hydrogen-bond acceptors (Lipinski definition) is 3. The third-order valence-electron chi connectivity index (χ3n) is 2.91. The number of nitrogens with two attached hydrogens (primary N) is 1. The van der Waals surface area contributed by atoms with Gasteiger partial charge in [0.05, 0.1) is 0 Å². The Morgan fingerprint density at radius 1 is 1.26 bits per heavy atom. The van der Waals surface area contributed by atoms with Crippen LogP contribution in [-0.2, 0) is 9.59 Å². The molecule has 0 spiro atoms. The summed E-state index contributed by atoms with van der Waals surface area (Å²) in [5.41, 5.74) is 6.91. The van der Waals surface area contributed by atoms with Crippen molar-refractivity contribution in [3.05, 3.63) is 29.8 Å². The predicted molar refractivity (Wildman–Crippen MR) is 75.6 cm³/mol. The van der Waals surface area contributed by atoms with Gasteiger partial charge < -0.3 is 11.1 Å². The third-order valence-corrected chi connectivity index (χ3v) is 2.91. The number of carbonyl (C=O) groups excluding carboxylic acids is 2. The summed E-state index contributed by atoms with van der Waals surface area (Å²) in [6.07, 6.45) is 0.910. The van der Waals surface area contributed by atoms with Gasteiger partial charge in [-0.15, -0.1) is 0 Å². The van der Waals surface area contributed by atoms with Gasteiger partial charge in [0.1, 0.15) is 6.04 Å². The SMILES string of the molecule is CCC(C)NC(C(N)=O)c1ccc(NC(C)=O)cc1. The number of amides is 2. The van der Waals surface area contributed by atoms with E-state index >= 15 is 0 Å². The molecule has 0 aliphatic rings. The van der Waals surface area contributed by atoms with Crippen LogP contribution in [0.3, 0.4) is 0 Å². The summed E-state index contributed by atoms with van der Waals surface area (Å²) in [5.74, 6) is -0.537. The quantitative estimate of drug-likeness (QED) is 0.728. The Bertz CT molecular complexity index is 443. The van der Waals surface area contributed by atoms with Gasteiger partial charge in [-0.05, 0) is 31.0 Å². The summed E-state index contributed by atoms with van der Waals surface area (Å²) < 4.78 is 0. The van der Waals surface area contributed by atoms with E-state index < -0.39 is 11.9 Å². The molecule has 2 unspecified atom stereocenters. The molecule has 1 aromatic rings. The van der Waals surface area contributed by atoms with Gasteiger partial charge in [-0.3, -0.25) is 14.9 Å². The zero-order valence-electron chi connectivity index (χ0n) is 11.6. The Labute approximate surface area is 113 Å². The second kappa shape index (κ2) is 6.89. The van der Waals surface area contributed by atoms with Crippen LogP contribution in [0.2, 0.25) is 0 Å². The summed E-state index contributed by atoms with van der Waals surface area (Å²) in [7, 11) is 0. The molecule has 1 rings (SSSR count). The summed E-state index contributed by atoms with van der Waals surface area (Å²) in [6.45, 7) is 5.49. The fourth-order valence-corrected chi connectivity index (χ4v) is 1.71. The molecule has 0 saturated carbocycles. The third kappa shape index (κ3) is 4.71. The van der Waals surface area contributed by atoms with Gasteiger partial charge in [0.2, 0.25) is 11.8 Å². The van der Waals surface area contributed by atoms with E-state index in [0.29, 0.717) is 5.69 Å². The predicted octanol–water partition coefficient (Wildman–Crippen LogP) is 1.56. The molecule has 2 atom stereocenters. The number of nitrogens with one attached hydrogen (secondary N) is 2. The van der Waals surface area contributed by atoms with Crippen molar-refractivity contribution in [2.75, 3.05) is 5.32 Å². The van der Waals surface area contributed by atoms with Crippen LogP contribution in [0.1, 0.15) is 38.8 Å². The fourth-order valence-electron chi connectivity index (χ4n) is 1.71. The lowest BCUT2D eigenvalue weighted by molar-refractivity contribution is -0.120. The molecule has 0 bridgehead atoms. The van der Waals surface area contributed by atoms with Gasteiger partial charge in [-0.1, -0.05) is 19.1 Å². The molecule has 0 radical (unpaired) electrons. The molecule has 19 heavy (non-hydrogen) atoms. The summed E-state index contributed by atoms with van der Waals surface area (Å²) in [4.78, 5) is 22.4. The Morgan fingerprint density at radius 3 is 2.26 bits per heavy atom. The first kappa shape index (κ1) is 15.2. The number of rotatable bonds is 6. The molecular formula is C14H21N3O2. The van der Waals surface area contributed by atoms with E-state index in [0.717, 1.165) is 12.0 Å². The van der Waals surface area contributed by atoms with E-state index in [1.165, 1.54) is 6.92 Å². The van der Waals surface area contributed by atoms with Crippen LogP contribution in [0.25, 0.3) is 0 Å². The van der Waals surface area contributed by atoms with E-state index in [2.05, 4.69) is 10.6 Å². The van der Waals surface area contributed by atoms with Crippen LogP contribution in [0, 0.1) is 0 Å². The first-order valence-electron chi connectivity index (χ1n) is 6.37. The second-order valence-corrected chi connectivity index (χ2v) is 4.61. The van der Waals surface area contributed by atoms with Crippen molar-refractivity contribution in [1.29, 1.82) is 0 Å². The zero-order valence-corrected chi connectivity index (χ0v) is 11.6. The van der Waals surface area contributed by atoms with Crippen LogP contribution in [0.15, 0.2) is 24.3 Å². The van der Waals surface area contributed by atoms with Crippen LogP contribution < -0.4 is 16.4 Å². The largest absolute Gasteiger partial charge is 0.368 e. The normalized spacial score (nSPS) is 13.6. The van der Waals surface area contributed by atoms with Gasteiger partial charge in [-0.25, -0.2) is 0 Å². The highest BCUT2D eigenvalue weighted by atomic mass is 16.2. The van der Waals surface area contributed by atoms with Crippen molar-refractivity contribution in [2.45, 2.75) is 39.3 Å². The van der Waals surface area contributed by atoms with E-state index in [-0.39, 0.29) is 11.9 Å². The monoisotopic (exact) mass is 263 g/mol. The van der Waals surface area contributed by atoms with Crippen molar-refractivity contribution < 1.29 is 9.59 Å². The first-order chi connectivity index (χ1) is 8.93. The summed E-state index contributed by atoms with van der Waals surface area (Å²) in [6, 6.07) is 6.77. The van der Waals surface area contributed by atoms with E-state index in [1.807, 2.05) is 13.8 Å². The standard InChI is InChI=1S/C14H21N3O2/c1-4-9(2)16-13(14(15)19)11-5-7-12(8-6-11)17-10(3)18/h5-9,13,16H,4H2,1-3H3,(H2,15,19)(H,17,18). The molecular weight excluding hydrogens is 242 g/mol. The van der Waals surface area contributed by atoms with E-state index in [1.54, 1.807) is 24.3 Å². The Balaban J connectivity index is 2.85. The molecule has 0 aromatic heterocycles. The second-order valence-electron chi connectivity index (χ2n) is 4.61. The van der Waals surface area contributed by atoms with Crippen LogP contribution >= 0.6 is 0 Å². The zero-order chi connectivity index (χ0) is 14.4. The highest BCUT2D eigenvalue weighted by Crippen LogP contribution is 2.17. The molecule has 1 aromatic carbocycles. The highest BCUT2D eigenvalue weighted by Gasteiger charge is 2.19. The number of benzene rings is 1. The lowest BCUT2D eigenvalue weighted by Gasteiger charge is -2.20. The topological polar surface area (TPSA) is 84.2 Å². The Hall–Kier alpha value is -1.88. The molecule has 0 aliphatic carbocycles.